The maximum Gasteiger partial charge on any atom is 0.330 e. The molecular formula is C33H32N2O7. The minimum absolute atomic E-state index is 0.0312. The lowest BCUT2D eigenvalue weighted by Gasteiger charge is -2.37. The Balaban J connectivity index is 1.54. The summed E-state index contributed by atoms with van der Waals surface area (Å²) in [5.41, 5.74) is 0.285. The van der Waals surface area contributed by atoms with Crippen molar-refractivity contribution < 1.29 is 24.1 Å². The van der Waals surface area contributed by atoms with Crippen LogP contribution < -0.4 is 20.7 Å². The van der Waals surface area contributed by atoms with E-state index in [0.717, 1.165) is 21.3 Å². The van der Waals surface area contributed by atoms with Crippen molar-refractivity contribution in [2.75, 3.05) is 20.8 Å². The Hall–Kier alpha value is -4.62. The minimum Gasteiger partial charge on any atom is -0.497 e. The number of ether oxygens (including phenoxy) is 4. The van der Waals surface area contributed by atoms with Crippen LogP contribution in [0.2, 0.25) is 0 Å². The Bertz CT molecular complexity index is 1640. The van der Waals surface area contributed by atoms with Gasteiger partial charge in [0.25, 0.3) is 5.56 Å². The maximum absolute atomic E-state index is 13.0. The molecule has 0 aliphatic carbocycles. The molecule has 0 saturated carbocycles. The van der Waals surface area contributed by atoms with Crippen LogP contribution in [0.5, 0.6) is 11.5 Å². The SMILES string of the molecule is CC#Cc1c[nH]c(=O)n([C@H]2C[C@H](O)[C@@H](COC(c3ccccc3)(c3ccc(OC)cc3)c3ccc(OC)cc3)O2)c1=O. The predicted octanol–water partition coefficient (Wildman–Crippen LogP) is 3.58. The summed E-state index contributed by atoms with van der Waals surface area (Å²) in [5, 5.41) is 11.0. The van der Waals surface area contributed by atoms with Gasteiger partial charge in [0.2, 0.25) is 0 Å². The summed E-state index contributed by atoms with van der Waals surface area (Å²) in [6.45, 7) is 1.55. The Labute approximate surface area is 243 Å². The van der Waals surface area contributed by atoms with E-state index in [9.17, 15) is 14.7 Å². The van der Waals surface area contributed by atoms with Gasteiger partial charge in [-0.15, -0.1) is 5.92 Å². The molecule has 3 atom stereocenters. The number of nitrogens with zero attached hydrogens (tertiary/aromatic N) is 1. The summed E-state index contributed by atoms with van der Waals surface area (Å²) in [6, 6.07) is 24.9. The number of methoxy groups -OCH3 is 2. The zero-order valence-electron chi connectivity index (χ0n) is 23.6. The first kappa shape index (κ1) is 28.9. The van der Waals surface area contributed by atoms with Crippen molar-refractivity contribution in [3.05, 3.63) is 128 Å². The van der Waals surface area contributed by atoms with Crippen molar-refractivity contribution in [2.24, 2.45) is 0 Å². The van der Waals surface area contributed by atoms with E-state index in [1.165, 1.54) is 6.20 Å². The summed E-state index contributed by atoms with van der Waals surface area (Å²) in [5.74, 6) is 6.74. The van der Waals surface area contributed by atoms with Gasteiger partial charge in [0.05, 0.1) is 26.9 Å². The van der Waals surface area contributed by atoms with E-state index in [2.05, 4.69) is 16.8 Å². The van der Waals surface area contributed by atoms with Gasteiger partial charge in [-0.1, -0.05) is 60.5 Å². The molecule has 2 heterocycles. The molecular weight excluding hydrogens is 536 g/mol. The lowest BCUT2D eigenvalue weighted by molar-refractivity contribution is -0.0949. The van der Waals surface area contributed by atoms with Crippen LogP contribution >= 0.6 is 0 Å². The van der Waals surface area contributed by atoms with Crippen LogP contribution in [-0.2, 0) is 15.1 Å². The van der Waals surface area contributed by atoms with E-state index in [1.807, 2.05) is 78.9 Å². The van der Waals surface area contributed by atoms with E-state index in [4.69, 9.17) is 18.9 Å². The molecule has 2 N–H and O–H groups in total. The maximum atomic E-state index is 13.0. The number of benzene rings is 3. The van der Waals surface area contributed by atoms with E-state index >= 15 is 0 Å². The smallest absolute Gasteiger partial charge is 0.330 e. The molecule has 1 aliphatic heterocycles. The van der Waals surface area contributed by atoms with Gasteiger partial charge in [0.1, 0.15) is 35.0 Å². The first-order valence-electron chi connectivity index (χ1n) is 13.5. The predicted molar refractivity (Wildman–Crippen MR) is 157 cm³/mol. The lowest BCUT2D eigenvalue weighted by Crippen LogP contribution is -2.40. The molecule has 1 fully saturated rings. The monoisotopic (exact) mass is 568 g/mol. The molecule has 3 aromatic carbocycles. The highest BCUT2D eigenvalue weighted by Gasteiger charge is 2.42. The second kappa shape index (κ2) is 12.5. The van der Waals surface area contributed by atoms with E-state index in [-0.39, 0.29) is 18.6 Å². The fraction of sp³-hybridized carbons (Fsp3) is 0.273. The zero-order valence-corrected chi connectivity index (χ0v) is 23.6. The Kier molecular flexibility index (Phi) is 8.59. The second-order valence-electron chi connectivity index (χ2n) is 9.81. The number of hydrogen-bond acceptors (Lipinski definition) is 7. The first-order valence-corrected chi connectivity index (χ1v) is 13.5. The molecule has 0 radical (unpaired) electrons. The Morgan fingerprint density at radius 3 is 2.05 bits per heavy atom. The van der Waals surface area contributed by atoms with Gasteiger partial charge in [-0.2, -0.15) is 0 Å². The number of aromatic amines is 1. The molecule has 5 rings (SSSR count). The fourth-order valence-corrected chi connectivity index (χ4v) is 5.28. The van der Waals surface area contributed by atoms with Crippen LogP contribution in [0.3, 0.4) is 0 Å². The van der Waals surface area contributed by atoms with Gasteiger partial charge in [-0.05, 0) is 47.9 Å². The number of aliphatic hydroxyl groups excluding tert-OH is 1. The number of H-pyrrole nitrogens is 1. The molecule has 1 aromatic heterocycles. The second-order valence-corrected chi connectivity index (χ2v) is 9.81. The molecule has 4 aromatic rings. The van der Waals surface area contributed by atoms with Crippen LogP contribution in [0.4, 0.5) is 0 Å². The third-order valence-corrected chi connectivity index (χ3v) is 7.40. The standard InChI is InChI=1S/C33H32N2O7/c1-4-8-22-20-34-32(38)35(31(22)37)30-19-28(36)29(42-30)21-41-33(23-9-6-5-7-10-23,24-11-15-26(39-2)16-12-24)25-13-17-27(40-3)18-14-25/h5-7,9-18,20,28-30,36H,19,21H2,1-3H3,(H,34,38)/t28-,29+,30+/m0/s1. The summed E-state index contributed by atoms with van der Waals surface area (Å²) in [6.07, 6.45) is -1.51. The molecule has 1 aliphatic rings. The minimum atomic E-state index is -1.12. The van der Waals surface area contributed by atoms with Gasteiger partial charge in [0, 0.05) is 12.6 Å². The van der Waals surface area contributed by atoms with Crippen molar-refractivity contribution in [3.63, 3.8) is 0 Å². The van der Waals surface area contributed by atoms with Gasteiger partial charge >= 0.3 is 5.69 Å². The van der Waals surface area contributed by atoms with Gasteiger partial charge in [-0.3, -0.25) is 4.79 Å². The number of nitrogens with one attached hydrogen (secondary N) is 1. The van der Waals surface area contributed by atoms with Crippen molar-refractivity contribution in [1.82, 2.24) is 9.55 Å². The molecule has 216 valence electrons. The average Bonchev–Trinajstić information content (AvgIpc) is 3.39. The molecule has 9 nitrogen and oxygen atoms in total. The third-order valence-electron chi connectivity index (χ3n) is 7.40. The van der Waals surface area contributed by atoms with Crippen molar-refractivity contribution in [1.29, 1.82) is 0 Å². The quantitative estimate of drug-likeness (QED) is 0.235. The number of rotatable bonds is 9. The topological polar surface area (TPSA) is 112 Å². The summed E-state index contributed by atoms with van der Waals surface area (Å²) in [4.78, 5) is 28.1. The van der Waals surface area contributed by atoms with Crippen LogP contribution in [-0.4, -0.2) is 47.7 Å². The molecule has 0 amide bonds. The molecule has 1 saturated heterocycles. The van der Waals surface area contributed by atoms with E-state index < -0.39 is 35.3 Å². The van der Waals surface area contributed by atoms with E-state index in [0.29, 0.717) is 11.5 Å². The third kappa shape index (κ3) is 5.48. The van der Waals surface area contributed by atoms with Gasteiger partial charge in [0.15, 0.2) is 0 Å². The van der Waals surface area contributed by atoms with Crippen molar-refractivity contribution in [3.8, 4) is 23.3 Å². The number of aromatic nitrogens is 2. The van der Waals surface area contributed by atoms with Gasteiger partial charge < -0.3 is 29.0 Å². The van der Waals surface area contributed by atoms with Crippen LogP contribution in [0.25, 0.3) is 0 Å². The van der Waals surface area contributed by atoms with Gasteiger partial charge in [-0.25, -0.2) is 9.36 Å². The number of hydrogen-bond donors (Lipinski definition) is 2. The van der Waals surface area contributed by atoms with Crippen LogP contribution in [0.1, 0.15) is 41.8 Å². The van der Waals surface area contributed by atoms with Crippen LogP contribution in [0, 0.1) is 11.8 Å². The molecule has 0 spiro atoms. The van der Waals surface area contributed by atoms with E-state index in [1.54, 1.807) is 21.1 Å². The summed E-state index contributed by atoms with van der Waals surface area (Å²) >= 11 is 0. The first-order chi connectivity index (χ1) is 20.4. The zero-order chi connectivity index (χ0) is 29.7. The molecule has 42 heavy (non-hydrogen) atoms. The molecule has 0 bridgehead atoms. The van der Waals surface area contributed by atoms with Crippen molar-refractivity contribution >= 4 is 0 Å². The highest BCUT2D eigenvalue weighted by Crippen LogP contribution is 2.42. The fourth-order valence-electron chi connectivity index (χ4n) is 5.28. The molecule has 9 heteroatoms. The normalized spacial score (nSPS) is 18.2. The average molecular weight is 569 g/mol. The van der Waals surface area contributed by atoms with Crippen molar-refractivity contribution in [2.45, 2.75) is 37.4 Å². The summed E-state index contributed by atoms with van der Waals surface area (Å²) < 4.78 is 24.7. The number of aliphatic hydroxyl groups is 1. The highest BCUT2D eigenvalue weighted by molar-refractivity contribution is 5.49. The highest BCUT2D eigenvalue weighted by atomic mass is 16.6. The Morgan fingerprint density at radius 1 is 0.929 bits per heavy atom. The van der Waals surface area contributed by atoms with Crippen LogP contribution in [0.15, 0.2) is 94.6 Å². The summed E-state index contributed by atoms with van der Waals surface area (Å²) in [7, 11) is 3.21. The lowest BCUT2D eigenvalue weighted by atomic mass is 9.80. The Morgan fingerprint density at radius 2 is 1.50 bits per heavy atom. The molecule has 0 unspecified atom stereocenters. The largest absolute Gasteiger partial charge is 0.497 e.